The van der Waals surface area contributed by atoms with E-state index in [1.165, 1.54) is 80.5 Å². The molecule has 0 radical (unpaired) electrons. The Balaban J connectivity index is 1.30. The Morgan fingerprint density at radius 3 is 2.28 bits per heavy atom. The molecule has 29 heavy (non-hydrogen) atoms. The molecule has 3 saturated carbocycles. The number of ether oxygens (including phenoxy) is 1. The minimum Gasteiger partial charge on any atom is -0.494 e. The monoisotopic (exact) mass is 393 g/mol. The van der Waals surface area contributed by atoms with Gasteiger partial charge in [0.15, 0.2) is 0 Å². The van der Waals surface area contributed by atoms with Crippen molar-refractivity contribution in [1.29, 1.82) is 0 Å². The zero-order valence-electron chi connectivity index (χ0n) is 18.6. The van der Waals surface area contributed by atoms with Crippen LogP contribution in [0.15, 0.2) is 36.4 Å². The van der Waals surface area contributed by atoms with Crippen LogP contribution < -0.4 is 10.1 Å². The second kappa shape index (κ2) is 9.08. The summed E-state index contributed by atoms with van der Waals surface area (Å²) in [6.07, 6.45) is 14.7. The highest BCUT2D eigenvalue weighted by Crippen LogP contribution is 2.51. The number of hydrogen-bond acceptors (Lipinski definition) is 2. The molecule has 3 fully saturated rings. The van der Waals surface area contributed by atoms with E-state index < -0.39 is 0 Å². The van der Waals surface area contributed by atoms with Crippen LogP contribution in [0.4, 0.5) is 0 Å². The van der Waals surface area contributed by atoms with Crippen LogP contribution in [-0.4, -0.2) is 12.1 Å². The van der Waals surface area contributed by atoms with Gasteiger partial charge in [0.1, 0.15) is 5.75 Å². The first-order valence-electron chi connectivity index (χ1n) is 12.0. The Labute approximate surface area is 177 Å². The maximum atomic E-state index is 5.98. The first kappa shape index (κ1) is 20.7. The van der Waals surface area contributed by atoms with E-state index in [0.29, 0.717) is 11.0 Å². The summed E-state index contributed by atoms with van der Waals surface area (Å²) in [6, 6.07) is 13.4. The van der Waals surface area contributed by atoms with E-state index in [0.717, 1.165) is 25.3 Å². The second-order valence-electron chi connectivity index (χ2n) is 10.1. The van der Waals surface area contributed by atoms with E-state index in [1.54, 1.807) is 0 Å². The van der Waals surface area contributed by atoms with Gasteiger partial charge >= 0.3 is 0 Å². The number of nitrogens with one attached hydrogen (secondary N) is 1. The summed E-state index contributed by atoms with van der Waals surface area (Å²) in [7, 11) is 0. The predicted octanol–water partition coefficient (Wildman–Crippen LogP) is 7.39. The van der Waals surface area contributed by atoms with Crippen molar-refractivity contribution in [2.24, 2.45) is 5.41 Å². The normalized spacial score (nSPS) is 26.1. The largest absolute Gasteiger partial charge is 0.494 e. The van der Waals surface area contributed by atoms with Gasteiger partial charge in [-0.05, 0) is 84.9 Å². The Kier molecular flexibility index (Phi) is 6.49. The summed E-state index contributed by atoms with van der Waals surface area (Å²) in [4.78, 5) is 0. The number of benzene rings is 2. The zero-order valence-corrected chi connectivity index (χ0v) is 18.6. The molecular formula is C27H39NO. The molecule has 3 aliphatic carbocycles. The molecule has 0 amide bonds. The van der Waals surface area contributed by atoms with Gasteiger partial charge in [-0.25, -0.2) is 0 Å². The molecule has 2 heteroatoms. The van der Waals surface area contributed by atoms with Crippen molar-refractivity contribution in [2.45, 2.75) is 96.6 Å². The fourth-order valence-electron chi connectivity index (χ4n) is 5.30. The predicted molar refractivity (Wildman–Crippen MR) is 124 cm³/mol. The molecule has 2 aromatic rings. The molecule has 0 aliphatic heterocycles. The van der Waals surface area contributed by atoms with E-state index in [-0.39, 0.29) is 0 Å². The summed E-state index contributed by atoms with van der Waals surface area (Å²) in [5, 5.41) is 6.55. The lowest BCUT2D eigenvalue weighted by Gasteiger charge is -2.52. The van der Waals surface area contributed by atoms with Crippen LogP contribution in [-0.2, 0) is 6.54 Å². The Morgan fingerprint density at radius 2 is 1.52 bits per heavy atom. The molecule has 0 spiro atoms. The molecule has 0 saturated heterocycles. The molecule has 2 bridgehead atoms. The lowest BCUT2D eigenvalue weighted by molar-refractivity contribution is 0.0360. The molecule has 0 aromatic heterocycles. The summed E-state index contributed by atoms with van der Waals surface area (Å²) in [5.41, 5.74) is 2.44. The third kappa shape index (κ3) is 5.15. The van der Waals surface area contributed by atoms with Crippen molar-refractivity contribution in [3.8, 4) is 5.75 Å². The molecular weight excluding hydrogens is 354 g/mol. The average molecular weight is 394 g/mol. The van der Waals surface area contributed by atoms with Gasteiger partial charge in [0.05, 0.1) is 6.61 Å². The van der Waals surface area contributed by atoms with Gasteiger partial charge in [0.2, 0.25) is 0 Å². The van der Waals surface area contributed by atoms with Crippen molar-refractivity contribution >= 4 is 10.8 Å². The first-order chi connectivity index (χ1) is 14.1. The maximum Gasteiger partial charge on any atom is 0.119 e. The van der Waals surface area contributed by atoms with Crippen molar-refractivity contribution in [3.63, 3.8) is 0 Å². The van der Waals surface area contributed by atoms with Crippen molar-refractivity contribution in [2.75, 3.05) is 6.61 Å². The third-order valence-corrected chi connectivity index (χ3v) is 7.68. The van der Waals surface area contributed by atoms with E-state index >= 15 is 0 Å². The van der Waals surface area contributed by atoms with Crippen LogP contribution in [0.1, 0.15) is 90.0 Å². The van der Waals surface area contributed by atoms with E-state index in [1.807, 2.05) is 0 Å². The van der Waals surface area contributed by atoms with E-state index in [2.05, 4.69) is 55.6 Å². The van der Waals surface area contributed by atoms with Crippen LogP contribution in [0, 0.1) is 5.41 Å². The Morgan fingerprint density at radius 1 is 0.828 bits per heavy atom. The van der Waals surface area contributed by atoms with Gasteiger partial charge in [-0.15, -0.1) is 0 Å². The van der Waals surface area contributed by atoms with Gasteiger partial charge in [-0.2, -0.15) is 0 Å². The van der Waals surface area contributed by atoms with Crippen molar-refractivity contribution in [1.82, 2.24) is 5.32 Å². The highest BCUT2D eigenvalue weighted by atomic mass is 16.5. The smallest absolute Gasteiger partial charge is 0.119 e. The molecule has 3 aliphatic rings. The van der Waals surface area contributed by atoms with E-state index in [4.69, 9.17) is 4.74 Å². The standard InChI is InChI=1S/C27H39NO/c1-3-4-5-6-7-18-29-25-11-10-23-19-22(8-9-24(23)20-25)21-28-27-15-12-26(2,13-16-27)14-17-27/h8-11,19-20,28H,3-7,12-18,21H2,1-2H3. The summed E-state index contributed by atoms with van der Waals surface area (Å²) in [6.45, 7) is 6.57. The van der Waals surface area contributed by atoms with E-state index in [9.17, 15) is 0 Å². The molecule has 5 rings (SSSR count). The van der Waals surface area contributed by atoms with Gasteiger partial charge in [0, 0.05) is 12.1 Å². The number of hydrogen-bond donors (Lipinski definition) is 1. The highest BCUT2D eigenvalue weighted by Gasteiger charge is 2.45. The van der Waals surface area contributed by atoms with Crippen LogP contribution in [0.25, 0.3) is 10.8 Å². The fraction of sp³-hybridized carbons (Fsp3) is 0.630. The Hall–Kier alpha value is -1.54. The summed E-state index contributed by atoms with van der Waals surface area (Å²) >= 11 is 0. The quantitative estimate of drug-likeness (QED) is 0.425. The molecule has 0 heterocycles. The van der Waals surface area contributed by atoms with Crippen LogP contribution >= 0.6 is 0 Å². The lowest BCUT2D eigenvalue weighted by atomic mass is 9.58. The van der Waals surface area contributed by atoms with Crippen molar-refractivity contribution < 1.29 is 4.74 Å². The first-order valence-corrected chi connectivity index (χ1v) is 12.0. The minimum atomic E-state index is 0.404. The second-order valence-corrected chi connectivity index (χ2v) is 10.1. The summed E-state index contributed by atoms with van der Waals surface area (Å²) in [5.74, 6) is 1.00. The minimum absolute atomic E-state index is 0.404. The summed E-state index contributed by atoms with van der Waals surface area (Å²) < 4.78 is 5.98. The SMILES string of the molecule is CCCCCCCOc1ccc2cc(CNC34CCC(C)(CC3)CC4)ccc2c1. The van der Waals surface area contributed by atoms with Crippen LogP contribution in [0.5, 0.6) is 5.75 Å². The van der Waals surface area contributed by atoms with Gasteiger partial charge in [-0.3, -0.25) is 0 Å². The highest BCUT2D eigenvalue weighted by molar-refractivity contribution is 5.84. The van der Waals surface area contributed by atoms with Gasteiger partial charge in [0.25, 0.3) is 0 Å². The molecule has 2 aromatic carbocycles. The van der Waals surface area contributed by atoms with Gasteiger partial charge in [-0.1, -0.05) is 57.7 Å². The number of fused-ring (bicyclic) bond motifs is 4. The molecule has 0 atom stereocenters. The number of rotatable bonds is 10. The molecule has 2 nitrogen and oxygen atoms in total. The average Bonchev–Trinajstić information content (AvgIpc) is 2.76. The topological polar surface area (TPSA) is 21.3 Å². The third-order valence-electron chi connectivity index (χ3n) is 7.68. The zero-order chi connectivity index (χ0) is 20.2. The Bertz CT molecular complexity index is 787. The maximum absolute atomic E-state index is 5.98. The fourth-order valence-corrected chi connectivity index (χ4v) is 5.30. The van der Waals surface area contributed by atoms with Crippen LogP contribution in [0.3, 0.4) is 0 Å². The number of unbranched alkanes of at least 4 members (excludes halogenated alkanes) is 4. The molecule has 1 N–H and O–H groups in total. The van der Waals surface area contributed by atoms with Gasteiger partial charge < -0.3 is 10.1 Å². The van der Waals surface area contributed by atoms with Crippen LogP contribution in [0.2, 0.25) is 0 Å². The van der Waals surface area contributed by atoms with Crippen molar-refractivity contribution in [3.05, 3.63) is 42.0 Å². The lowest BCUT2D eigenvalue weighted by Crippen LogP contribution is -2.53. The molecule has 158 valence electrons. The molecule has 0 unspecified atom stereocenters.